The molecule has 0 saturated heterocycles. The molecule has 0 amide bonds. The number of aryl methyl sites for hydroxylation is 1. The van der Waals surface area contributed by atoms with E-state index >= 15 is 0 Å². The number of fused-ring (bicyclic) bond motifs is 2. The summed E-state index contributed by atoms with van der Waals surface area (Å²) >= 11 is 0. The van der Waals surface area contributed by atoms with Crippen LogP contribution in [0.15, 0.2) is 72.8 Å². The maximum atomic E-state index is 12.7. The van der Waals surface area contributed by atoms with Gasteiger partial charge in [0, 0.05) is 11.1 Å². The summed E-state index contributed by atoms with van der Waals surface area (Å²) in [4.78, 5) is 12.7. The van der Waals surface area contributed by atoms with Gasteiger partial charge < -0.3 is 0 Å². The average Bonchev–Trinajstić information content (AvgIpc) is 2.60. The van der Waals surface area contributed by atoms with Crippen LogP contribution < -0.4 is 0 Å². The van der Waals surface area contributed by atoms with E-state index in [2.05, 4.69) is 37.3 Å². The predicted octanol–water partition coefficient (Wildman–Crippen LogP) is 5.13. The first kappa shape index (κ1) is 13.7. The standard InChI is InChI=1S/C22H16O/c1-15-10-12-16(13-11-15)14-21-17-6-2-4-8-19(17)22(23)20-9-5-3-7-18(20)21/h2-14H,1H3. The summed E-state index contributed by atoms with van der Waals surface area (Å²) in [6.07, 6.45) is 2.17. The molecule has 1 nitrogen and oxygen atoms in total. The van der Waals surface area contributed by atoms with Gasteiger partial charge in [0.1, 0.15) is 0 Å². The minimum Gasteiger partial charge on any atom is -0.289 e. The molecule has 110 valence electrons. The van der Waals surface area contributed by atoms with E-state index < -0.39 is 0 Å². The quantitative estimate of drug-likeness (QED) is 0.476. The zero-order valence-electron chi connectivity index (χ0n) is 12.9. The lowest BCUT2D eigenvalue weighted by molar-refractivity contribution is 0.103. The number of carbonyl (C=O) groups excluding carboxylic acids is 1. The highest BCUT2D eigenvalue weighted by Gasteiger charge is 2.25. The average molecular weight is 296 g/mol. The zero-order valence-corrected chi connectivity index (χ0v) is 12.9. The van der Waals surface area contributed by atoms with Crippen molar-refractivity contribution < 1.29 is 4.79 Å². The van der Waals surface area contributed by atoms with Crippen molar-refractivity contribution in [1.82, 2.24) is 0 Å². The largest absolute Gasteiger partial charge is 0.289 e. The Morgan fingerprint density at radius 1 is 0.652 bits per heavy atom. The minimum atomic E-state index is 0.109. The molecule has 3 aromatic carbocycles. The van der Waals surface area contributed by atoms with Crippen LogP contribution in [-0.2, 0) is 0 Å². The molecule has 1 aliphatic carbocycles. The van der Waals surface area contributed by atoms with Crippen molar-refractivity contribution in [2.45, 2.75) is 6.92 Å². The second kappa shape index (κ2) is 5.36. The van der Waals surface area contributed by atoms with E-state index in [0.29, 0.717) is 0 Å². The van der Waals surface area contributed by atoms with Crippen LogP contribution >= 0.6 is 0 Å². The van der Waals surface area contributed by atoms with Crippen molar-refractivity contribution in [3.8, 4) is 0 Å². The molecule has 0 aliphatic heterocycles. The van der Waals surface area contributed by atoms with Gasteiger partial charge in [0.2, 0.25) is 0 Å². The summed E-state index contributed by atoms with van der Waals surface area (Å²) < 4.78 is 0. The molecule has 1 aliphatic rings. The van der Waals surface area contributed by atoms with Crippen LogP contribution in [0.3, 0.4) is 0 Å². The Labute approximate surface area is 135 Å². The van der Waals surface area contributed by atoms with E-state index in [4.69, 9.17) is 0 Å². The second-order valence-corrected chi connectivity index (χ2v) is 5.89. The van der Waals surface area contributed by atoms with Crippen LogP contribution in [0.25, 0.3) is 11.6 Å². The maximum Gasteiger partial charge on any atom is 0.194 e. The third-order valence-corrected chi connectivity index (χ3v) is 4.31. The van der Waals surface area contributed by atoms with Gasteiger partial charge >= 0.3 is 0 Å². The summed E-state index contributed by atoms with van der Waals surface area (Å²) in [6.45, 7) is 2.08. The Bertz CT molecular complexity index is 879. The summed E-state index contributed by atoms with van der Waals surface area (Å²) in [7, 11) is 0. The number of ketones is 1. The molecule has 0 saturated carbocycles. The van der Waals surface area contributed by atoms with Crippen LogP contribution in [0.2, 0.25) is 0 Å². The first-order valence-corrected chi connectivity index (χ1v) is 7.76. The number of rotatable bonds is 1. The molecule has 1 heteroatoms. The molecular formula is C22H16O. The first-order chi connectivity index (χ1) is 11.2. The lowest BCUT2D eigenvalue weighted by Crippen LogP contribution is -2.14. The van der Waals surface area contributed by atoms with Gasteiger partial charge in [0.25, 0.3) is 0 Å². The molecule has 3 aromatic rings. The van der Waals surface area contributed by atoms with Crippen LogP contribution in [0, 0.1) is 6.92 Å². The Balaban J connectivity index is 1.98. The van der Waals surface area contributed by atoms with Crippen molar-refractivity contribution >= 4 is 17.4 Å². The maximum absolute atomic E-state index is 12.7. The SMILES string of the molecule is Cc1ccc(C=C2c3ccccc3C(=O)c3ccccc32)cc1. The van der Waals surface area contributed by atoms with E-state index in [1.54, 1.807) is 0 Å². The van der Waals surface area contributed by atoms with E-state index in [-0.39, 0.29) is 5.78 Å². The topological polar surface area (TPSA) is 17.1 Å². The van der Waals surface area contributed by atoms with Crippen LogP contribution in [0.4, 0.5) is 0 Å². The summed E-state index contributed by atoms with van der Waals surface area (Å²) in [5, 5.41) is 0. The number of benzene rings is 3. The molecule has 0 radical (unpaired) electrons. The smallest absolute Gasteiger partial charge is 0.194 e. The van der Waals surface area contributed by atoms with E-state index in [0.717, 1.165) is 33.4 Å². The fourth-order valence-corrected chi connectivity index (χ4v) is 3.11. The molecule has 0 bridgehead atoms. The van der Waals surface area contributed by atoms with Gasteiger partial charge in [-0.3, -0.25) is 4.79 Å². The lowest BCUT2D eigenvalue weighted by Gasteiger charge is -2.21. The highest BCUT2D eigenvalue weighted by Crippen LogP contribution is 2.36. The lowest BCUT2D eigenvalue weighted by atomic mass is 9.81. The normalized spacial score (nSPS) is 12.6. The molecule has 0 unspecified atom stereocenters. The molecule has 4 rings (SSSR count). The number of hydrogen-bond donors (Lipinski definition) is 0. The third kappa shape index (κ3) is 2.31. The minimum absolute atomic E-state index is 0.109. The molecular weight excluding hydrogens is 280 g/mol. The van der Waals surface area contributed by atoms with Crippen molar-refractivity contribution in [1.29, 1.82) is 0 Å². The fraction of sp³-hybridized carbons (Fsp3) is 0.0455. The Morgan fingerprint density at radius 3 is 1.65 bits per heavy atom. The molecule has 0 heterocycles. The fourth-order valence-electron chi connectivity index (χ4n) is 3.11. The number of carbonyl (C=O) groups is 1. The van der Waals surface area contributed by atoms with Gasteiger partial charge in [-0.2, -0.15) is 0 Å². The summed E-state index contributed by atoms with van der Waals surface area (Å²) in [5.41, 5.74) is 7.08. The van der Waals surface area contributed by atoms with Crippen molar-refractivity contribution in [3.05, 3.63) is 106 Å². The Hall–Kier alpha value is -2.93. The molecule has 0 aromatic heterocycles. The zero-order chi connectivity index (χ0) is 15.8. The van der Waals surface area contributed by atoms with Crippen LogP contribution in [0.1, 0.15) is 38.2 Å². The molecule has 0 N–H and O–H groups in total. The van der Waals surface area contributed by atoms with Gasteiger partial charge in [0.15, 0.2) is 5.78 Å². The van der Waals surface area contributed by atoms with Gasteiger partial charge in [-0.25, -0.2) is 0 Å². The van der Waals surface area contributed by atoms with Gasteiger partial charge in [-0.05, 0) is 35.3 Å². The van der Waals surface area contributed by atoms with Crippen LogP contribution in [-0.4, -0.2) is 5.78 Å². The van der Waals surface area contributed by atoms with Crippen LogP contribution in [0.5, 0.6) is 0 Å². The number of hydrogen-bond acceptors (Lipinski definition) is 1. The van der Waals surface area contributed by atoms with Gasteiger partial charge in [0.05, 0.1) is 0 Å². The molecule has 0 atom stereocenters. The highest BCUT2D eigenvalue weighted by atomic mass is 16.1. The van der Waals surface area contributed by atoms with E-state index in [1.807, 2.05) is 48.5 Å². The van der Waals surface area contributed by atoms with E-state index in [9.17, 15) is 4.79 Å². The Morgan fingerprint density at radius 2 is 1.13 bits per heavy atom. The monoisotopic (exact) mass is 296 g/mol. The van der Waals surface area contributed by atoms with Gasteiger partial charge in [-0.1, -0.05) is 78.4 Å². The second-order valence-electron chi connectivity index (χ2n) is 5.89. The summed E-state index contributed by atoms with van der Waals surface area (Å²) in [5.74, 6) is 0.109. The predicted molar refractivity (Wildman–Crippen MR) is 94.5 cm³/mol. The molecule has 23 heavy (non-hydrogen) atoms. The Kier molecular flexibility index (Phi) is 3.20. The van der Waals surface area contributed by atoms with Crippen molar-refractivity contribution in [2.24, 2.45) is 0 Å². The summed E-state index contributed by atoms with van der Waals surface area (Å²) in [6, 6.07) is 24.2. The van der Waals surface area contributed by atoms with E-state index in [1.165, 1.54) is 5.56 Å². The molecule has 0 spiro atoms. The van der Waals surface area contributed by atoms with Crippen molar-refractivity contribution in [2.75, 3.05) is 0 Å². The van der Waals surface area contributed by atoms with Crippen molar-refractivity contribution in [3.63, 3.8) is 0 Å². The highest BCUT2D eigenvalue weighted by molar-refractivity contribution is 6.20. The first-order valence-electron chi connectivity index (χ1n) is 7.76. The third-order valence-electron chi connectivity index (χ3n) is 4.31. The molecule has 0 fully saturated rings. The van der Waals surface area contributed by atoms with Gasteiger partial charge in [-0.15, -0.1) is 0 Å².